The molecule has 0 bridgehead atoms. The molecule has 2 aromatic carbocycles. The van der Waals surface area contributed by atoms with Crippen LogP contribution in [0.15, 0.2) is 48.5 Å². The molecule has 0 amide bonds. The predicted molar refractivity (Wildman–Crippen MR) is 101 cm³/mol. The van der Waals surface area contributed by atoms with Gasteiger partial charge in [0.1, 0.15) is 12.4 Å². The van der Waals surface area contributed by atoms with E-state index in [4.69, 9.17) is 16.3 Å². The molecule has 0 saturated carbocycles. The minimum Gasteiger partial charge on any atom is -0.489 e. The van der Waals surface area contributed by atoms with Crippen LogP contribution in [0.1, 0.15) is 37.3 Å². The van der Waals surface area contributed by atoms with Crippen LogP contribution in [-0.2, 0) is 13.2 Å². The zero-order valence-corrected chi connectivity index (χ0v) is 15.1. The number of nitrogens with one attached hydrogen (secondary N) is 1. The minimum atomic E-state index is 0. The smallest absolute Gasteiger partial charge is 0.120 e. The van der Waals surface area contributed by atoms with Gasteiger partial charge in [0.2, 0.25) is 0 Å². The van der Waals surface area contributed by atoms with Gasteiger partial charge in [-0.1, -0.05) is 55.6 Å². The third kappa shape index (κ3) is 7.74. The molecule has 2 aromatic rings. The summed E-state index contributed by atoms with van der Waals surface area (Å²) in [5, 5.41) is 4.22. The van der Waals surface area contributed by atoms with Crippen molar-refractivity contribution in [2.24, 2.45) is 0 Å². The maximum Gasteiger partial charge on any atom is 0.120 e. The van der Waals surface area contributed by atoms with E-state index in [1.807, 2.05) is 36.4 Å². The Bertz CT molecular complexity index is 558. The number of halogens is 2. The van der Waals surface area contributed by atoms with Crippen molar-refractivity contribution in [3.05, 3.63) is 64.7 Å². The SMILES string of the molecule is CCCCCNCc1cccc(OCc2ccc(Cl)cc2)c1.Cl. The van der Waals surface area contributed by atoms with Crippen LogP contribution in [-0.4, -0.2) is 6.54 Å². The second kappa shape index (κ2) is 11.3. The molecule has 0 unspecified atom stereocenters. The van der Waals surface area contributed by atoms with E-state index >= 15 is 0 Å². The number of unbranched alkanes of at least 4 members (excludes halogenated alkanes) is 2. The van der Waals surface area contributed by atoms with Gasteiger partial charge in [-0.15, -0.1) is 12.4 Å². The first-order valence-corrected chi connectivity index (χ1v) is 8.32. The van der Waals surface area contributed by atoms with Gasteiger partial charge in [-0.25, -0.2) is 0 Å². The van der Waals surface area contributed by atoms with E-state index in [0.717, 1.165) is 29.4 Å². The van der Waals surface area contributed by atoms with Crippen molar-refractivity contribution in [2.75, 3.05) is 6.54 Å². The third-order valence-electron chi connectivity index (χ3n) is 3.50. The molecule has 0 atom stereocenters. The van der Waals surface area contributed by atoms with Crippen molar-refractivity contribution in [3.8, 4) is 5.75 Å². The average molecular weight is 354 g/mol. The molecule has 0 aliphatic carbocycles. The van der Waals surface area contributed by atoms with Crippen LogP contribution in [0.2, 0.25) is 5.02 Å². The molecular formula is C19H25Cl2NO. The van der Waals surface area contributed by atoms with E-state index in [1.54, 1.807) is 0 Å². The molecule has 23 heavy (non-hydrogen) atoms. The summed E-state index contributed by atoms with van der Waals surface area (Å²) >= 11 is 5.88. The van der Waals surface area contributed by atoms with Gasteiger partial charge in [0.15, 0.2) is 0 Å². The van der Waals surface area contributed by atoms with Crippen LogP contribution >= 0.6 is 24.0 Å². The largest absolute Gasteiger partial charge is 0.489 e. The highest BCUT2D eigenvalue weighted by molar-refractivity contribution is 6.30. The molecule has 0 fully saturated rings. The summed E-state index contributed by atoms with van der Waals surface area (Å²) in [6, 6.07) is 16.0. The Kier molecular flexibility index (Phi) is 9.77. The average Bonchev–Trinajstić information content (AvgIpc) is 2.55. The summed E-state index contributed by atoms with van der Waals surface area (Å²) in [6.07, 6.45) is 3.79. The summed E-state index contributed by atoms with van der Waals surface area (Å²) in [4.78, 5) is 0. The summed E-state index contributed by atoms with van der Waals surface area (Å²) < 4.78 is 5.85. The first-order chi connectivity index (χ1) is 10.8. The maximum atomic E-state index is 5.88. The number of benzene rings is 2. The molecule has 2 rings (SSSR count). The highest BCUT2D eigenvalue weighted by atomic mass is 35.5. The van der Waals surface area contributed by atoms with Gasteiger partial charge in [-0.2, -0.15) is 0 Å². The molecule has 0 aromatic heterocycles. The zero-order valence-electron chi connectivity index (χ0n) is 13.6. The van der Waals surface area contributed by atoms with Crippen LogP contribution < -0.4 is 10.1 Å². The fourth-order valence-electron chi connectivity index (χ4n) is 2.23. The van der Waals surface area contributed by atoms with Crippen LogP contribution in [0.25, 0.3) is 0 Å². The van der Waals surface area contributed by atoms with Crippen molar-refractivity contribution in [2.45, 2.75) is 39.3 Å². The molecule has 0 aliphatic heterocycles. The van der Waals surface area contributed by atoms with Crippen LogP contribution in [0.4, 0.5) is 0 Å². The highest BCUT2D eigenvalue weighted by Gasteiger charge is 1.99. The summed E-state index contributed by atoms with van der Waals surface area (Å²) in [7, 11) is 0. The fraction of sp³-hybridized carbons (Fsp3) is 0.368. The number of rotatable bonds is 9. The van der Waals surface area contributed by atoms with E-state index in [9.17, 15) is 0 Å². The summed E-state index contributed by atoms with van der Waals surface area (Å²) in [5.41, 5.74) is 2.37. The quantitative estimate of drug-likeness (QED) is 0.590. The van der Waals surface area contributed by atoms with Gasteiger partial charge in [-0.05, 0) is 48.4 Å². The Hall–Kier alpha value is -1.22. The van der Waals surface area contributed by atoms with Gasteiger partial charge >= 0.3 is 0 Å². The predicted octanol–water partition coefficient (Wildman–Crippen LogP) is 5.62. The molecule has 0 saturated heterocycles. The van der Waals surface area contributed by atoms with Crippen molar-refractivity contribution >= 4 is 24.0 Å². The first-order valence-electron chi connectivity index (χ1n) is 7.95. The normalized spacial score (nSPS) is 10.2. The molecule has 4 heteroatoms. The minimum absolute atomic E-state index is 0. The van der Waals surface area contributed by atoms with Crippen molar-refractivity contribution in [1.82, 2.24) is 5.32 Å². The number of hydrogen-bond acceptors (Lipinski definition) is 2. The zero-order chi connectivity index (χ0) is 15.6. The molecule has 1 N–H and O–H groups in total. The van der Waals surface area contributed by atoms with Gasteiger partial charge in [-0.3, -0.25) is 0 Å². The summed E-state index contributed by atoms with van der Waals surface area (Å²) in [6.45, 7) is 4.75. The Morgan fingerprint density at radius 1 is 1.00 bits per heavy atom. The lowest BCUT2D eigenvalue weighted by Gasteiger charge is -2.09. The lowest BCUT2D eigenvalue weighted by Crippen LogP contribution is -2.14. The molecule has 0 heterocycles. The van der Waals surface area contributed by atoms with Crippen molar-refractivity contribution in [1.29, 1.82) is 0 Å². The summed E-state index contributed by atoms with van der Waals surface area (Å²) in [5.74, 6) is 0.905. The van der Waals surface area contributed by atoms with E-state index in [0.29, 0.717) is 6.61 Å². The Morgan fingerprint density at radius 3 is 2.52 bits per heavy atom. The second-order valence-corrected chi connectivity index (χ2v) is 5.88. The van der Waals surface area contributed by atoms with E-state index in [2.05, 4.69) is 24.4 Å². The fourth-order valence-corrected chi connectivity index (χ4v) is 2.35. The van der Waals surface area contributed by atoms with Gasteiger partial charge in [0, 0.05) is 11.6 Å². The van der Waals surface area contributed by atoms with E-state index in [-0.39, 0.29) is 12.4 Å². The topological polar surface area (TPSA) is 21.3 Å². The third-order valence-corrected chi connectivity index (χ3v) is 3.76. The molecule has 0 radical (unpaired) electrons. The highest BCUT2D eigenvalue weighted by Crippen LogP contribution is 2.16. The molecular weight excluding hydrogens is 329 g/mol. The number of ether oxygens (including phenoxy) is 1. The van der Waals surface area contributed by atoms with Crippen LogP contribution in [0.5, 0.6) is 5.75 Å². The van der Waals surface area contributed by atoms with Gasteiger partial charge in [0.05, 0.1) is 0 Å². The van der Waals surface area contributed by atoms with Gasteiger partial charge < -0.3 is 10.1 Å². The Labute approximate surface area is 150 Å². The second-order valence-electron chi connectivity index (χ2n) is 5.45. The van der Waals surface area contributed by atoms with Crippen molar-refractivity contribution < 1.29 is 4.74 Å². The van der Waals surface area contributed by atoms with Crippen molar-refractivity contribution in [3.63, 3.8) is 0 Å². The Balaban J connectivity index is 0.00000264. The van der Waals surface area contributed by atoms with Crippen LogP contribution in [0.3, 0.4) is 0 Å². The molecule has 0 aliphatic rings. The van der Waals surface area contributed by atoms with E-state index in [1.165, 1.54) is 24.8 Å². The molecule has 2 nitrogen and oxygen atoms in total. The first kappa shape index (κ1) is 19.8. The maximum absolute atomic E-state index is 5.88. The standard InChI is InChI=1S/C19H24ClNO.ClH/c1-2-3-4-12-21-14-17-6-5-7-19(13-17)22-15-16-8-10-18(20)11-9-16;/h5-11,13,21H,2-4,12,14-15H2,1H3;1H. The van der Waals surface area contributed by atoms with E-state index < -0.39 is 0 Å². The molecule has 126 valence electrons. The molecule has 0 spiro atoms. The Morgan fingerprint density at radius 2 is 1.78 bits per heavy atom. The monoisotopic (exact) mass is 353 g/mol. The lowest BCUT2D eigenvalue weighted by molar-refractivity contribution is 0.306. The lowest BCUT2D eigenvalue weighted by atomic mass is 10.2. The van der Waals surface area contributed by atoms with Gasteiger partial charge in [0.25, 0.3) is 0 Å². The van der Waals surface area contributed by atoms with Crippen LogP contribution in [0, 0.1) is 0 Å². The number of hydrogen-bond donors (Lipinski definition) is 1.